The van der Waals surface area contributed by atoms with E-state index >= 15 is 0 Å². The first-order valence-electron chi connectivity index (χ1n) is 6.26. The Balaban J connectivity index is 1.78. The first-order chi connectivity index (χ1) is 9.13. The highest BCUT2D eigenvalue weighted by molar-refractivity contribution is 7.80. The van der Waals surface area contributed by atoms with Crippen LogP contribution in [0.2, 0.25) is 0 Å². The molecule has 0 unspecified atom stereocenters. The summed E-state index contributed by atoms with van der Waals surface area (Å²) in [5.41, 5.74) is 9.92. The number of aromatic nitrogens is 1. The van der Waals surface area contributed by atoms with Gasteiger partial charge in [-0.25, -0.2) is 4.98 Å². The standard InChI is InChI=1S/C14H15N3S2/c1-8-6-10(4-5-11(8)13(15)18)16-14-17-12(7-19-14)9-2-3-9/h4-7,9H,2-3H2,1H3,(H2,15,18)(H,16,17). The quantitative estimate of drug-likeness (QED) is 0.843. The van der Waals surface area contributed by atoms with E-state index in [4.69, 9.17) is 18.0 Å². The molecule has 1 aliphatic carbocycles. The molecule has 0 amide bonds. The third kappa shape index (κ3) is 2.77. The van der Waals surface area contributed by atoms with Gasteiger partial charge in [-0.05, 0) is 43.5 Å². The molecule has 5 heteroatoms. The van der Waals surface area contributed by atoms with E-state index in [1.807, 2.05) is 25.1 Å². The highest BCUT2D eigenvalue weighted by Gasteiger charge is 2.26. The Kier molecular flexibility index (Phi) is 3.24. The SMILES string of the molecule is Cc1cc(Nc2nc(C3CC3)cs2)ccc1C(N)=S. The van der Waals surface area contributed by atoms with Crippen LogP contribution in [0.15, 0.2) is 23.6 Å². The van der Waals surface area contributed by atoms with E-state index in [2.05, 4.69) is 15.7 Å². The smallest absolute Gasteiger partial charge is 0.187 e. The predicted octanol–water partition coefficient (Wildman–Crippen LogP) is 3.71. The summed E-state index contributed by atoms with van der Waals surface area (Å²) in [5, 5.41) is 6.43. The topological polar surface area (TPSA) is 50.9 Å². The van der Waals surface area contributed by atoms with Crippen molar-refractivity contribution in [3.63, 3.8) is 0 Å². The number of hydrogen-bond donors (Lipinski definition) is 2. The molecule has 3 nitrogen and oxygen atoms in total. The van der Waals surface area contributed by atoms with Gasteiger partial charge >= 0.3 is 0 Å². The van der Waals surface area contributed by atoms with Crippen LogP contribution in [0.25, 0.3) is 0 Å². The van der Waals surface area contributed by atoms with Crippen molar-refractivity contribution in [1.82, 2.24) is 4.98 Å². The Labute approximate surface area is 121 Å². The van der Waals surface area contributed by atoms with Gasteiger partial charge in [0.2, 0.25) is 0 Å². The van der Waals surface area contributed by atoms with Gasteiger partial charge in [-0.15, -0.1) is 11.3 Å². The molecular weight excluding hydrogens is 274 g/mol. The number of hydrogen-bond acceptors (Lipinski definition) is 4. The van der Waals surface area contributed by atoms with Crippen LogP contribution in [0.5, 0.6) is 0 Å². The fourth-order valence-corrected chi connectivity index (χ4v) is 3.09. The van der Waals surface area contributed by atoms with E-state index in [9.17, 15) is 0 Å². The third-order valence-electron chi connectivity index (χ3n) is 3.26. The molecule has 0 atom stereocenters. The number of nitrogens with one attached hydrogen (secondary N) is 1. The van der Waals surface area contributed by atoms with E-state index in [0.717, 1.165) is 21.9 Å². The van der Waals surface area contributed by atoms with E-state index < -0.39 is 0 Å². The second-order valence-electron chi connectivity index (χ2n) is 4.87. The van der Waals surface area contributed by atoms with Gasteiger partial charge in [-0.1, -0.05) is 12.2 Å². The summed E-state index contributed by atoms with van der Waals surface area (Å²) < 4.78 is 0. The molecule has 1 aliphatic rings. The fraction of sp³-hybridized carbons (Fsp3) is 0.286. The summed E-state index contributed by atoms with van der Waals surface area (Å²) in [6.45, 7) is 2.01. The Morgan fingerprint density at radius 1 is 1.47 bits per heavy atom. The molecule has 1 aromatic heterocycles. The number of nitrogens with zero attached hydrogens (tertiary/aromatic N) is 1. The summed E-state index contributed by atoms with van der Waals surface area (Å²) in [5.74, 6) is 0.700. The highest BCUT2D eigenvalue weighted by atomic mass is 32.1. The van der Waals surface area contributed by atoms with Gasteiger partial charge in [0.1, 0.15) is 4.99 Å². The molecule has 0 aliphatic heterocycles. The molecule has 98 valence electrons. The summed E-state index contributed by atoms with van der Waals surface area (Å²) in [4.78, 5) is 5.05. The third-order valence-corrected chi connectivity index (χ3v) is 4.26. The lowest BCUT2D eigenvalue weighted by Crippen LogP contribution is -2.11. The van der Waals surface area contributed by atoms with Gasteiger partial charge < -0.3 is 11.1 Å². The van der Waals surface area contributed by atoms with Crippen molar-refractivity contribution in [3.8, 4) is 0 Å². The number of anilines is 2. The van der Waals surface area contributed by atoms with Crippen LogP contribution in [0.3, 0.4) is 0 Å². The first-order valence-corrected chi connectivity index (χ1v) is 7.55. The molecule has 0 radical (unpaired) electrons. The van der Waals surface area contributed by atoms with Crippen LogP contribution >= 0.6 is 23.6 Å². The van der Waals surface area contributed by atoms with Crippen molar-refractivity contribution in [2.45, 2.75) is 25.7 Å². The molecule has 1 aromatic carbocycles. The van der Waals surface area contributed by atoms with Gasteiger partial charge in [0.25, 0.3) is 0 Å². The molecule has 1 fully saturated rings. The van der Waals surface area contributed by atoms with Crippen LogP contribution in [0.1, 0.15) is 35.6 Å². The number of nitrogens with two attached hydrogens (primary N) is 1. The number of thiazole rings is 1. The molecular formula is C14H15N3S2. The second-order valence-corrected chi connectivity index (χ2v) is 6.17. The van der Waals surface area contributed by atoms with Crippen molar-refractivity contribution in [2.75, 3.05) is 5.32 Å². The average Bonchev–Trinajstić information content (AvgIpc) is 3.10. The maximum Gasteiger partial charge on any atom is 0.187 e. The molecule has 3 rings (SSSR count). The van der Waals surface area contributed by atoms with Crippen LogP contribution in [-0.2, 0) is 0 Å². The van der Waals surface area contributed by atoms with Crippen LogP contribution < -0.4 is 11.1 Å². The predicted molar refractivity (Wildman–Crippen MR) is 84.4 cm³/mol. The Morgan fingerprint density at radius 3 is 2.89 bits per heavy atom. The number of aryl methyl sites for hydroxylation is 1. The largest absolute Gasteiger partial charge is 0.389 e. The number of benzene rings is 1. The van der Waals surface area contributed by atoms with Gasteiger partial charge in [-0.2, -0.15) is 0 Å². The van der Waals surface area contributed by atoms with Crippen molar-refractivity contribution in [1.29, 1.82) is 0 Å². The molecule has 2 aromatic rings. The molecule has 1 heterocycles. The van der Waals surface area contributed by atoms with Crippen LogP contribution in [-0.4, -0.2) is 9.97 Å². The van der Waals surface area contributed by atoms with Crippen molar-refractivity contribution < 1.29 is 0 Å². The maximum atomic E-state index is 5.66. The molecule has 3 N–H and O–H groups in total. The van der Waals surface area contributed by atoms with Crippen LogP contribution in [0.4, 0.5) is 10.8 Å². The van der Waals surface area contributed by atoms with Crippen molar-refractivity contribution >= 4 is 39.4 Å². The van der Waals surface area contributed by atoms with Gasteiger partial charge in [0.05, 0.1) is 5.69 Å². The number of thiocarbonyl (C=S) groups is 1. The zero-order chi connectivity index (χ0) is 13.4. The van der Waals surface area contributed by atoms with Gasteiger partial charge in [0, 0.05) is 22.5 Å². The Morgan fingerprint density at radius 2 is 2.26 bits per heavy atom. The number of rotatable bonds is 4. The van der Waals surface area contributed by atoms with E-state index in [0.29, 0.717) is 10.9 Å². The summed E-state index contributed by atoms with van der Waals surface area (Å²) in [7, 11) is 0. The molecule has 0 spiro atoms. The van der Waals surface area contributed by atoms with Gasteiger partial charge in [-0.3, -0.25) is 0 Å². The average molecular weight is 289 g/mol. The van der Waals surface area contributed by atoms with Crippen molar-refractivity contribution in [2.24, 2.45) is 5.73 Å². The molecule has 1 saturated carbocycles. The van der Waals surface area contributed by atoms with E-state index in [-0.39, 0.29) is 0 Å². The summed E-state index contributed by atoms with van der Waals surface area (Å²) in [6, 6.07) is 5.99. The van der Waals surface area contributed by atoms with E-state index in [1.54, 1.807) is 11.3 Å². The minimum atomic E-state index is 0.439. The molecule has 0 saturated heterocycles. The Bertz CT molecular complexity index is 629. The summed E-state index contributed by atoms with van der Waals surface area (Å²) >= 11 is 6.66. The van der Waals surface area contributed by atoms with E-state index in [1.165, 1.54) is 18.5 Å². The second kappa shape index (κ2) is 4.90. The molecule has 19 heavy (non-hydrogen) atoms. The lowest BCUT2D eigenvalue weighted by molar-refractivity contribution is 1.05. The Hall–Kier alpha value is -1.46. The van der Waals surface area contributed by atoms with Crippen LogP contribution in [0, 0.1) is 6.92 Å². The monoisotopic (exact) mass is 289 g/mol. The first kappa shape index (κ1) is 12.6. The minimum absolute atomic E-state index is 0.439. The fourth-order valence-electron chi connectivity index (χ4n) is 2.05. The lowest BCUT2D eigenvalue weighted by atomic mass is 10.1. The minimum Gasteiger partial charge on any atom is -0.389 e. The maximum absolute atomic E-state index is 5.66. The zero-order valence-corrected chi connectivity index (χ0v) is 12.3. The molecule has 0 bridgehead atoms. The zero-order valence-electron chi connectivity index (χ0n) is 10.6. The lowest BCUT2D eigenvalue weighted by Gasteiger charge is -2.07. The highest BCUT2D eigenvalue weighted by Crippen LogP contribution is 2.41. The normalized spacial score (nSPS) is 14.4. The summed E-state index contributed by atoms with van der Waals surface area (Å²) in [6.07, 6.45) is 2.57. The van der Waals surface area contributed by atoms with Gasteiger partial charge in [0.15, 0.2) is 5.13 Å². The van der Waals surface area contributed by atoms with Crippen molar-refractivity contribution in [3.05, 3.63) is 40.4 Å².